The van der Waals surface area contributed by atoms with E-state index in [9.17, 15) is 9.18 Å². The monoisotopic (exact) mass is 418 g/mol. The molecule has 4 nitrogen and oxygen atoms in total. The van der Waals surface area contributed by atoms with Crippen molar-refractivity contribution in [2.75, 3.05) is 26.2 Å². The van der Waals surface area contributed by atoms with E-state index in [0.717, 1.165) is 37.2 Å². The second kappa shape index (κ2) is 10.1. The summed E-state index contributed by atoms with van der Waals surface area (Å²) in [7, 11) is 0. The van der Waals surface area contributed by atoms with Crippen molar-refractivity contribution in [3.05, 3.63) is 63.9 Å². The van der Waals surface area contributed by atoms with E-state index in [0.29, 0.717) is 30.3 Å². The van der Waals surface area contributed by atoms with Crippen molar-refractivity contribution >= 4 is 17.5 Å². The number of rotatable bonds is 7. The van der Waals surface area contributed by atoms with Gasteiger partial charge in [0, 0.05) is 23.0 Å². The average Bonchev–Trinajstić information content (AvgIpc) is 2.71. The van der Waals surface area contributed by atoms with Gasteiger partial charge >= 0.3 is 0 Å². The van der Waals surface area contributed by atoms with Crippen LogP contribution in [0.15, 0.2) is 36.4 Å². The van der Waals surface area contributed by atoms with Crippen LogP contribution >= 0.6 is 11.6 Å². The highest BCUT2D eigenvalue weighted by molar-refractivity contribution is 6.30. The zero-order chi connectivity index (χ0) is 20.8. The lowest BCUT2D eigenvalue weighted by atomic mass is 9.95. The van der Waals surface area contributed by atoms with Crippen molar-refractivity contribution in [2.45, 2.75) is 33.2 Å². The summed E-state index contributed by atoms with van der Waals surface area (Å²) in [5, 5.41) is 3.39. The Hall–Kier alpha value is -2.11. The molecule has 3 rings (SSSR count). The van der Waals surface area contributed by atoms with Crippen LogP contribution < -0.4 is 10.1 Å². The van der Waals surface area contributed by atoms with Crippen molar-refractivity contribution in [1.29, 1.82) is 0 Å². The summed E-state index contributed by atoms with van der Waals surface area (Å²) in [6, 6.07) is 10.8. The van der Waals surface area contributed by atoms with E-state index >= 15 is 0 Å². The van der Waals surface area contributed by atoms with Crippen LogP contribution in [0.1, 0.15) is 29.5 Å². The minimum atomic E-state index is -0.277. The van der Waals surface area contributed by atoms with Crippen LogP contribution in [0, 0.1) is 25.6 Å². The quantitative estimate of drug-likeness (QED) is 0.673. The fourth-order valence-corrected chi connectivity index (χ4v) is 3.76. The molecule has 0 bridgehead atoms. The zero-order valence-corrected chi connectivity index (χ0v) is 17.8. The third-order valence-electron chi connectivity index (χ3n) is 5.58. The van der Waals surface area contributed by atoms with Crippen LogP contribution in [-0.2, 0) is 11.3 Å². The fraction of sp³-hybridized carbons (Fsp3) is 0.435. The lowest BCUT2D eigenvalue weighted by molar-refractivity contribution is -0.126. The van der Waals surface area contributed by atoms with Gasteiger partial charge in [-0.15, -0.1) is 0 Å². The van der Waals surface area contributed by atoms with Gasteiger partial charge in [-0.05, 0) is 69.1 Å². The normalized spacial score (nSPS) is 15.3. The SMILES string of the molecule is Cc1cccc(OCCNC(=O)C2CCN(Cc3ccc(Cl)cc3F)CC2)c1C. The second-order valence-electron chi connectivity index (χ2n) is 7.62. The minimum Gasteiger partial charge on any atom is -0.491 e. The highest BCUT2D eigenvalue weighted by atomic mass is 35.5. The van der Waals surface area contributed by atoms with Gasteiger partial charge in [-0.2, -0.15) is 0 Å². The van der Waals surface area contributed by atoms with Gasteiger partial charge < -0.3 is 10.1 Å². The second-order valence-corrected chi connectivity index (χ2v) is 8.06. The molecule has 0 spiro atoms. The number of nitrogens with zero attached hydrogens (tertiary/aromatic N) is 1. The van der Waals surface area contributed by atoms with Crippen molar-refractivity contribution in [1.82, 2.24) is 10.2 Å². The smallest absolute Gasteiger partial charge is 0.223 e. The Morgan fingerprint density at radius 2 is 2.00 bits per heavy atom. The van der Waals surface area contributed by atoms with Gasteiger partial charge in [-0.25, -0.2) is 4.39 Å². The first-order valence-electron chi connectivity index (χ1n) is 10.1. The summed E-state index contributed by atoms with van der Waals surface area (Å²) in [5.41, 5.74) is 2.96. The molecule has 29 heavy (non-hydrogen) atoms. The summed E-state index contributed by atoms with van der Waals surface area (Å²) >= 11 is 5.81. The Labute approximate surface area is 177 Å². The van der Waals surface area contributed by atoms with Crippen molar-refractivity contribution in [3.8, 4) is 5.75 Å². The van der Waals surface area contributed by atoms with E-state index in [-0.39, 0.29) is 17.6 Å². The number of carbonyl (C=O) groups is 1. The summed E-state index contributed by atoms with van der Waals surface area (Å²) in [5.74, 6) is 0.664. The van der Waals surface area contributed by atoms with E-state index in [1.807, 2.05) is 19.1 Å². The lowest BCUT2D eigenvalue weighted by Gasteiger charge is -2.31. The molecule has 2 aromatic carbocycles. The van der Waals surface area contributed by atoms with E-state index < -0.39 is 0 Å². The topological polar surface area (TPSA) is 41.6 Å². The van der Waals surface area contributed by atoms with Crippen LogP contribution in [0.5, 0.6) is 5.75 Å². The summed E-state index contributed by atoms with van der Waals surface area (Å²) < 4.78 is 19.8. The third-order valence-corrected chi connectivity index (χ3v) is 5.82. The molecule has 1 heterocycles. The molecule has 2 aromatic rings. The molecule has 0 radical (unpaired) electrons. The standard InChI is InChI=1S/C23H28ClFN2O2/c1-16-4-3-5-22(17(16)2)29-13-10-26-23(28)18-8-11-27(12-9-18)15-19-6-7-20(24)14-21(19)25/h3-7,14,18H,8-13,15H2,1-2H3,(H,26,28). The number of carbonyl (C=O) groups excluding carboxylic acids is 1. The Kier molecular flexibility index (Phi) is 7.51. The van der Waals surface area contributed by atoms with Gasteiger partial charge in [-0.3, -0.25) is 9.69 Å². The van der Waals surface area contributed by atoms with Crippen LogP contribution in [0.25, 0.3) is 0 Å². The van der Waals surface area contributed by atoms with Crippen LogP contribution in [0.2, 0.25) is 5.02 Å². The molecule has 1 aliphatic heterocycles. The number of nitrogens with one attached hydrogen (secondary N) is 1. The molecule has 1 amide bonds. The first-order valence-corrected chi connectivity index (χ1v) is 10.4. The number of benzene rings is 2. The van der Waals surface area contributed by atoms with Gasteiger partial charge in [0.05, 0.1) is 6.54 Å². The predicted octanol–water partition coefficient (Wildman–Crippen LogP) is 4.50. The van der Waals surface area contributed by atoms with Crippen LogP contribution in [0.3, 0.4) is 0 Å². The van der Waals surface area contributed by atoms with Crippen molar-refractivity contribution < 1.29 is 13.9 Å². The molecule has 0 atom stereocenters. The maximum absolute atomic E-state index is 14.0. The van der Waals surface area contributed by atoms with Gasteiger partial charge in [0.1, 0.15) is 18.2 Å². The Morgan fingerprint density at radius 1 is 1.24 bits per heavy atom. The summed E-state index contributed by atoms with van der Waals surface area (Å²) in [6.45, 7) is 7.12. The molecule has 6 heteroatoms. The van der Waals surface area contributed by atoms with E-state index in [2.05, 4.69) is 23.2 Å². The molecular weight excluding hydrogens is 391 g/mol. The van der Waals surface area contributed by atoms with Crippen LogP contribution in [0.4, 0.5) is 4.39 Å². The Morgan fingerprint density at radius 3 is 2.72 bits per heavy atom. The van der Waals surface area contributed by atoms with Crippen LogP contribution in [-0.4, -0.2) is 37.0 Å². The largest absolute Gasteiger partial charge is 0.491 e. The van der Waals surface area contributed by atoms with Gasteiger partial charge in [0.25, 0.3) is 0 Å². The van der Waals surface area contributed by atoms with E-state index in [1.54, 1.807) is 12.1 Å². The molecule has 0 aliphatic carbocycles. The Bertz CT molecular complexity index is 851. The minimum absolute atomic E-state index is 0.00187. The van der Waals surface area contributed by atoms with Gasteiger partial charge in [-0.1, -0.05) is 29.8 Å². The highest BCUT2D eigenvalue weighted by Gasteiger charge is 2.25. The number of hydrogen-bond donors (Lipinski definition) is 1. The third kappa shape index (κ3) is 5.94. The van der Waals surface area contributed by atoms with Crippen molar-refractivity contribution in [2.24, 2.45) is 5.92 Å². The van der Waals surface area contributed by atoms with Gasteiger partial charge in [0.15, 0.2) is 0 Å². The molecule has 1 N–H and O–H groups in total. The van der Waals surface area contributed by atoms with E-state index in [1.165, 1.54) is 11.6 Å². The summed E-state index contributed by atoms with van der Waals surface area (Å²) in [4.78, 5) is 14.6. The first-order chi connectivity index (χ1) is 13.9. The number of piperidine rings is 1. The fourth-order valence-electron chi connectivity index (χ4n) is 3.60. The zero-order valence-electron chi connectivity index (χ0n) is 17.0. The average molecular weight is 419 g/mol. The number of amides is 1. The number of hydrogen-bond acceptors (Lipinski definition) is 3. The maximum Gasteiger partial charge on any atom is 0.223 e. The molecule has 0 aromatic heterocycles. The molecular formula is C23H28ClFN2O2. The lowest BCUT2D eigenvalue weighted by Crippen LogP contribution is -2.41. The Balaban J connectivity index is 1.38. The highest BCUT2D eigenvalue weighted by Crippen LogP contribution is 2.22. The number of likely N-dealkylation sites (tertiary alicyclic amines) is 1. The number of halogens is 2. The maximum atomic E-state index is 14.0. The number of ether oxygens (including phenoxy) is 1. The van der Waals surface area contributed by atoms with E-state index in [4.69, 9.17) is 16.3 Å². The molecule has 1 aliphatic rings. The molecule has 0 unspecified atom stereocenters. The molecule has 0 saturated carbocycles. The summed E-state index contributed by atoms with van der Waals surface area (Å²) in [6.07, 6.45) is 1.55. The van der Waals surface area contributed by atoms with Gasteiger partial charge in [0.2, 0.25) is 5.91 Å². The molecule has 156 valence electrons. The molecule has 1 fully saturated rings. The predicted molar refractivity (Wildman–Crippen MR) is 114 cm³/mol. The molecule has 1 saturated heterocycles. The first kappa shape index (κ1) is 21.6. The van der Waals surface area contributed by atoms with Crippen molar-refractivity contribution in [3.63, 3.8) is 0 Å². The number of aryl methyl sites for hydroxylation is 1.